The van der Waals surface area contributed by atoms with E-state index in [2.05, 4.69) is 18.6 Å². The molecule has 0 unspecified atom stereocenters. The summed E-state index contributed by atoms with van der Waals surface area (Å²) in [6.07, 6.45) is 10.5. The number of hydrogen-bond acceptors (Lipinski definition) is 0. The number of allylic oxidation sites excluding steroid dienone is 2. The molecule has 0 saturated heterocycles. The van der Waals surface area contributed by atoms with Crippen LogP contribution in [0.2, 0.25) is 0 Å². The topological polar surface area (TPSA) is 0 Å². The predicted octanol–water partition coefficient (Wildman–Crippen LogP) is -1.07. The van der Waals surface area contributed by atoms with Gasteiger partial charge >= 0.3 is 18.9 Å². The summed E-state index contributed by atoms with van der Waals surface area (Å²) in [5.74, 6) is 0. The van der Waals surface area contributed by atoms with Gasteiger partial charge in [0.25, 0.3) is 0 Å². The van der Waals surface area contributed by atoms with Crippen molar-refractivity contribution in [3.8, 4) is 0 Å². The zero-order chi connectivity index (χ0) is 4.24. The van der Waals surface area contributed by atoms with Crippen LogP contribution in [0.4, 0.5) is 0 Å². The monoisotopic (exact) mass is 88.1 g/mol. The molecule has 0 aromatic rings. The third kappa shape index (κ3) is 2.97. The Labute approximate surface area is 57.2 Å². The molecule has 0 aromatic carbocycles. The molecule has 0 bridgehead atoms. The van der Waals surface area contributed by atoms with E-state index in [1.54, 1.807) is 0 Å². The normalized spacial score (nSPS) is 18.3. The fraction of sp³-hybridized carbons (Fsp3) is 0.500. The molecule has 0 fully saturated rings. The summed E-state index contributed by atoms with van der Waals surface area (Å²) in [4.78, 5) is 0. The maximum Gasteiger partial charge on any atom is 1.00 e. The van der Waals surface area contributed by atoms with Gasteiger partial charge in [-0.1, -0.05) is 12.5 Å². The van der Waals surface area contributed by atoms with Crippen molar-refractivity contribution in [2.75, 3.05) is 0 Å². The van der Waals surface area contributed by atoms with Gasteiger partial charge in [-0.05, 0) is 0 Å². The van der Waals surface area contributed by atoms with Crippen molar-refractivity contribution in [3.63, 3.8) is 0 Å². The molecule has 0 aliphatic heterocycles. The smallest absolute Gasteiger partial charge is 0.325 e. The summed E-state index contributed by atoms with van der Waals surface area (Å²) in [6, 6.07) is 0. The minimum absolute atomic E-state index is 0. The van der Waals surface area contributed by atoms with E-state index in [0.717, 1.165) is 0 Å². The second-order valence-corrected chi connectivity index (χ2v) is 1.57. The number of hydrogen-bond donors (Lipinski definition) is 0. The van der Waals surface area contributed by atoms with Gasteiger partial charge in [0.1, 0.15) is 0 Å². The summed E-state index contributed by atoms with van der Waals surface area (Å²) in [5.41, 5.74) is 0. The Morgan fingerprint density at radius 1 is 1.29 bits per heavy atom. The van der Waals surface area contributed by atoms with Gasteiger partial charge < -0.3 is 6.42 Å². The van der Waals surface area contributed by atoms with Gasteiger partial charge in [0.2, 0.25) is 0 Å². The van der Waals surface area contributed by atoms with Crippen LogP contribution in [0.15, 0.2) is 12.2 Å². The predicted molar refractivity (Wildman–Crippen MR) is 27.3 cm³/mol. The summed E-state index contributed by atoms with van der Waals surface area (Å²) in [6.45, 7) is 0. The van der Waals surface area contributed by atoms with Crippen LogP contribution < -0.4 is 18.9 Å². The van der Waals surface area contributed by atoms with E-state index < -0.39 is 0 Å². The molecule has 0 heterocycles. The Bertz CT molecular complexity index is 49.2. The first-order valence-electron chi connectivity index (χ1n) is 2.47. The van der Waals surface area contributed by atoms with Gasteiger partial charge in [-0.15, -0.1) is 6.08 Å². The third-order valence-electron chi connectivity index (χ3n) is 1.01. The van der Waals surface area contributed by atoms with Crippen molar-refractivity contribution >= 4 is 0 Å². The molecule has 0 atom stereocenters. The van der Waals surface area contributed by atoms with E-state index in [0.29, 0.717) is 0 Å². The summed E-state index contributed by atoms with van der Waals surface area (Å²) in [7, 11) is 0. The van der Waals surface area contributed by atoms with E-state index in [9.17, 15) is 0 Å². The molecule has 0 saturated carbocycles. The molecule has 1 aliphatic carbocycles. The van der Waals surface area contributed by atoms with Crippen LogP contribution in [0, 0.1) is 6.42 Å². The molecule has 0 N–H and O–H groups in total. The Balaban J connectivity index is 0.000000360. The quantitative estimate of drug-likeness (QED) is 0.201. The first-order chi connectivity index (χ1) is 3.00. The molecule has 0 amide bonds. The second-order valence-electron chi connectivity index (χ2n) is 1.57. The molecule has 0 spiro atoms. The molecule has 1 heteroatoms. The summed E-state index contributed by atoms with van der Waals surface area (Å²) >= 11 is 0. The minimum atomic E-state index is 0. The van der Waals surface area contributed by atoms with Crippen molar-refractivity contribution in [3.05, 3.63) is 18.6 Å². The molecular formula is C6H9Li. The fourth-order valence-corrected chi connectivity index (χ4v) is 0.642. The van der Waals surface area contributed by atoms with Gasteiger partial charge in [0.05, 0.1) is 0 Å². The van der Waals surface area contributed by atoms with Gasteiger partial charge in [-0.25, -0.2) is 0 Å². The molecule has 1 rings (SSSR count). The van der Waals surface area contributed by atoms with Crippen molar-refractivity contribution in [2.24, 2.45) is 0 Å². The minimum Gasteiger partial charge on any atom is -0.325 e. The SMILES string of the molecule is C1=CCC[CH-]C1.[Li+]. The molecule has 0 aromatic heterocycles. The van der Waals surface area contributed by atoms with Crippen LogP contribution in [-0.2, 0) is 0 Å². The van der Waals surface area contributed by atoms with Crippen LogP contribution in [0.3, 0.4) is 0 Å². The van der Waals surface area contributed by atoms with Crippen LogP contribution in [0.25, 0.3) is 0 Å². The van der Waals surface area contributed by atoms with Crippen LogP contribution in [0.5, 0.6) is 0 Å². The first kappa shape index (κ1) is 7.34. The van der Waals surface area contributed by atoms with Crippen LogP contribution in [0.1, 0.15) is 19.3 Å². The van der Waals surface area contributed by atoms with Crippen molar-refractivity contribution in [1.82, 2.24) is 0 Å². The van der Waals surface area contributed by atoms with Crippen LogP contribution >= 0.6 is 0 Å². The average Bonchev–Trinajstić information content (AvgIpc) is 1.72. The molecule has 34 valence electrons. The Hall–Kier alpha value is 0.337. The van der Waals surface area contributed by atoms with Gasteiger partial charge in [0.15, 0.2) is 0 Å². The first-order valence-corrected chi connectivity index (χ1v) is 2.47. The van der Waals surface area contributed by atoms with Gasteiger partial charge in [0, 0.05) is 0 Å². The zero-order valence-corrected chi connectivity index (χ0v) is 4.85. The van der Waals surface area contributed by atoms with Gasteiger partial charge in [-0.3, -0.25) is 0 Å². The molecular weight excluding hydrogens is 79.0 g/mol. The second kappa shape index (κ2) is 4.50. The summed E-state index contributed by atoms with van der Waals surface area (Å²) < 4.78 is 0. The van der Waals surface area contributed by atoms with Crippen molar-refractivity contribution < 1.29 is 18.9 Å². The number of rotatable bonds is 0. The van der Waals surface area contributed by atoms with Gasteiger partial charge in [-0.2, -0.15) is 12.8 Å². The van der Waals surface area contributed by atoms with E-state index in [1.165, 1.54) is 19.3 Å². The standard InChI is InChI=1S/C6H9.Li/c1-2-4-6-5-3-1;/h1-2,5H,3-4,6H2;/q-1;+1. The summed E-state index contributed by atoms with van der Waals surface area (Å²) in [5, 5.41) is 0. The Morgan fingerprint density at radius 2 is 2.14 bits per heavy atom. The Morgan fingerprint density at radius 3 is 2.29 bits per heavy atom. The fourth-order valence-electron chi connectivity index (χ4n) is 0.642. The van der Waals surface area contributed by atoms with Crippen molar-refractivity contribution in [1.29, 1.82) is 0 Å². The maximum absolute atomic E-state index is 2.31. The molecule has 0 radical (unpaired) electrons. The van der Waals surface area contributed by atoms with Crippen LogP contribution in [-0.4, -0.2) is 0 Å². The third-order valence-corrected chi connectivity index (χ3v) is 1.01. The van der Waals surface area contributed by atoms with Crippen molar-refractivity contribution in [2.45, 2.75) is 19.3 Å². The van der Waals surface area contributed by atoms with E-state index in [1.807, 2.05) is 0 Å². The zero-order valence-electron chi connectivity index (χ0n) is 4.85. The average molecular weight is 88.1 g/mol. The largest absolute Gasteiger partial charge is 1.00 e. The Kier molecular flexibility index (Phi) is 4.71. The van der Waals surface area contributed by atoms with E-state index in [4.69, 9.17) is 0 Å². The van der Waals surface area contributed by atoms with E-state index in [-0.39, 0.29) is 18.9 Å². The maximum atomic E-state index is 2.31. The molecule has 0 nitrogen and oxygen atoms in total. The molecule has 1 aliphatic rings. The molecule has 7 heavy (non-hydrogen) atoms. The van der Waals surface area contributed by atoms with E-state index >= 15 is 0 Å².